The monoisotopic (exact) mass is 371 g/mol. The van der Waals surface area contributed by atoms with Crippen LogP contribution in [0.5, 0.6) is 11.5 Å². The van der Waals surface area contributed by atoms with Crippen molar-refractivity contribution in [1.82, 2.24) is 4.90 Å². The molecule has 7 heteroatoms. The van der Waals surface area contributed by atoms with Crippen molar-refractivity contribution in [3.05, 3.63) is 22.7 Å². The Morgan fingerprint density at radius 3 is 2.36 bits per heavy atom. The molecule has 0 fully saturated rings. The third-order valence-electron chi connectivity index (χ3n) is 3.49. The van der Waals surface area contributed by atoms with Gasteiger partial charge in [-0.2, -0.15) is 0 Å². The summed E-state index contributed by atoms with van der Waals surface area (Å²) in [6.45, 7) is 8.29. The highest BCUT2D eigenvalue weighted by atomic mass is 35.5. The van der Waals surface area contributed by atoms with Gasteiger partial charge in [0.15, 0.2) is 11.5 Å². The smallest absolute Gasteiger partial charge is 0.305 e. The number of rotatable bonds is 9. The van der Waals surface area contributed by atoms with E-state index in [0.717, 1.165) is 0 Å². The molecule has 0 spiro atoms. The van der Waals surface area contributed by atoms with Crippen molar-refractivity contribution in [2.75, 3.05) is 20.3 Å². The second-order valence-electron chi connectivity index (χ2n) is 6.43. The van der Waals surface area contributed by atoms with Gasteiger partial charge in [0.1, 0.15) is 0 Å². The lowest BCUT2D eigenvalue weighted by Gasteiger charge is -2.26. The van der Waals surface area contributed by atoms with Crippen molar-refractivity contribution in [3.8, 4) is 11.5 Å². The Morgan fingerprint density at radius 1 is 1.24 bits per heavy atom. The quantitative estimate of drug-likeness (QED) is 0.716. The highest BCUT2D eigenvalue weighted by Gasteiger charge is 2.23. The zero-order valence-corrected chi connectivity index (χ0v) is 16.1. The predicted octanol–water partition coefficient (Wildman–Crippen LogP) is 3.71. The van der Waals surface area contributed by atoms with Crippen molar-refractivity contribution in [1.29, 1.82) is 0 Å². The SMILES string of the molecule is COc1cc(C(=O)N(CCC(=O)O)C(C)C)cc(Cl)c1OCC(C)C. The molecule has 0 atom stereocenters. The van der Waals surface area contributed by atoms with Crippen LogP contribution in [0.1, 0.15) is 44.5 Å². The maximum atomic E-state index is 12.8. The van der Waals surface area contributed by atoms with Gasteiger partial charge in [-0.1, -0.05) is 25.4 Å². The van der Waals surface area contributed by atoms with Crippen LogP contribution in [0.25, 0.3) is 0 Å². The van der Waals surface area contributed by atoms with Crippen LogP contribution >= 0.6 is 11.6 Å². The van der Waals surface area contributed by atoms with E-state index in [9.17, 15) is 9.59 Å². The molecule has 25 heavy (non-hydrogen) atoms. The minimum Gasteiger partial charge on any atom is -0.493 e. The Labute approximate surface area is 153 Å². The van der Waals surface area contributed by atoms with Gasteiger partial charge in [0.05, 0.1) is 25.2 Å². The third kappa shape index (κ3) is 6.12. The zero-order valence-electron chi connectivity index (χ0n) is 15.3. The van der Waals surface area contributed by atoms with E-state index >= 15 is 0 Å². The first-order valence-corrected chi connectivity index (χ1v) is 8.58. The molecule has 0 radical (unpaired) electrons. The second-order valence-corrected chi connectivity index (χ2v) is 6.84. The number of halogens is 1. The Hall–Kier alpha value is -1.95. The van der Waals surface area contributed by atoms with E-state index in [1.165, 1.54) is 18.1 Å². The maximum absolute atomic E-state index is 12.8. The lowest BCUT2D eigenvalue weighted by Crippen LogP contribution is -2.38. The Morgan fingerprint density at radius 2 is 1.88 bits per heavy atom. The number of carbonyl (C=O) groups is 2. The molecular formula is C18H26ClNO5. The Kier molecular flexibility index (Phi) is 8.03. The molecule has 0 aliphatic carbocycles. The first-order valence-electron chi connectivity index (χ1n) is 8.20. The molecule has 0 heterocycles. The second kappa shape index (κ2) is 9.51. The third-order valence-corrected chi connectivity index (χ3v) is 3.77. The van der Waals surface area contributed by atoms with E-state index in [0.29, 0.717) is 29.6 Å². The molecule has 1 aromatic rings. The van der Waals surface area contributed by atoms with Crippen molar-refractivity contribution in [3.63, 3.8) is 0 Å². The minimum atomic E-state index is -0.952. The fourth-order valence-electron chi connectivity index (χ4n) is 2.21. The number of hydrogen-bond donors (Lipinski definition) is 1. The summed E-state index contributed by atoms with van der Waals surface area (Å²) >= 11 is 6.28. The molecule has 6 nitrogen and oxygen atoms in total. The lowest BCUT2D eigenvalue weighted by molar-refractivity contribution is -0.137. The van der Waals surface area contributed by atoms with E-state index < -0.39 is 5.97 Å². The highest BCUT2D eigenvalue weighted by molar-refractivity contribution is 6.32. The molecule has 1 aromatic carbocycles. The molecule has 1 N–H and O–H groups in total. The van der Waals surface area contributed by atoms with E-state index in [-0.39, 0.29) is 29.9 Å². The van der Waals surface area contributed by atoms with E-state index in [4.69, 9.17) is 26.2 Å². The van der Waals surface area contributed by atoms with E-state index in [1.54, 1.807) is 6.07 Å². The number of benzene rings is 1. The van der Waals surface area contributed by atoms with Gasteiger partial charge in [-0.3, -0.25) is 9.59 Å². The average Bonchev–Trinajstić information content (AvgIpc) is 2.52. The summed E-state index contributed by atoms with van der Waals surface area (Å²) in [7, 11) is 1.48. The summed E-state index contributed by atoms with van der Waals surface area (Å²) in [5, 5.41) is 9.15. The van der Waals surface area contributed by atoms with E-state index in [1.807, 2.05) is 27.7 Å². The summed E-state index contributed by atoms with van der Waals surface area (Å²) in [5.74, 6) is -0.164. The van der Waals surface area contributed by atoms with Gasteiger partial charge >= 0.3 is 5.97 Å². The number of aliphatic carboxylic acids is 1. The standard InChI is InChI=1S/C18H26ClNO5/c1-11(2)10-25-17-14(19)8-13(9-15(17)24-5)18(23)20(12(3)4)7-6-16(21)22/h8-9,11-12H,6-7,10H2,1-5H3,(H,21,22). The molecule has 140 valence electrons. The largest absolute Gasteiger partial charge is 0.493 e. The van der Waals surface area contributed by atoms with Gasteiger partial charge in [0.25, 0.3) is 5.91 Å². The molecule has 1 amide bonds. The minimum absolute atomic E-state index is 0.121. The van der Waals surface area contributed by atoms with Crippen LogP contribution in [0.15, 0.2) is 12.1 Å². The molecule has 0 saturated carbocycles. The van der Waals surface area contributed by atoms with E-state index in [2.05, 4.69) is 0 Å². The summed E-state index contributed by atoms with van der Waals surface area (Å²) in [5.41, 5.74) is 0.331. The van der Waals surface area contributed by atoms with Gasteiger partial charge in [-0.15, -0.1) is 0 Å². The van der Waals surface area contributed by atoms with Crippen molar-refractivity contribution < 1.29 is 24.2 Å². The number of nitrogens with zero attached hydrogens (tertiary/aromatic N) is 1. The molecule has 1 rings (SSSR count). The number of hydrogen-bond acceptors (Lipinski definition) is 4. The van der Waals surface area contributed by atoms with Crippen LogP contribution in [0.4, 0.5) is 0 Å². The van der Waals surface area contributed by atoms with Gasteiger partial charge in [0, 0.05) is 18.2 Å². The number of carboxylic acids is 1. The molecule has 0 bridgehead atoms. The molecule has 0 saturated heterocycles. The normalized spacial score (nSPS) is 10.9. The van der Waals surface area contributed by atoms with Crippen LogP contribution in [0.2, 0.25) is 5.02 Å². The number of carboxylic acid groups (broad SMARTS) is 1. The number of ether oxygens (including phenoxy) is 2. The van der Waals surface area contributed by atoms with Crippen LogP contribution in [-0.4, -0.2) is 48.2 Å². The first kappa shape index (κ1) is 21.1. The highest BCUT2D eigenvalue weighted by Crippen LogP contribution is 2.37. The topological polar surface area (TPSA) is 76.1 Å². The number of carbonyl (C=O) groups excluding carboxylic acids is 1. The Bertz CT molecular complexity index is 616. The van der Waals surface area contributed by atoms with Crippen LogP contribution in [0, 0.1) is 5.92 Å². The fraction of sp³-hybridized carbons (Fsp3) is 0.556. The van der Waals surface area contributed by atoms with Gasteiger partial charge < -0.3 is 19.5 Å². The van der Waals surface area contributed by atoms with Crippen LogP contribution < -0.4 is 9.47 Å². The number of amides is 1. The summed E-state index contributed by atoms with van der Waals surface area (Å²) in [4.78, 5) is 25.1. The molecule has 0 aromatic heterocycles. The summed E-state index contributed by atoms with van der Waals surface area (Å²) < 4.78 is 11.0. The zero-order chi connectivity index (χ0) is 19.1. The van der Waals surface area contributed by atoms with Gasteiger partial charge in [0.2, 0.25) is 0 Å². The summed E-state index contributed by atoms with van der Waals surface area (Å²) in [6, 6.07) is 2.95. The first-order chi connectivity index (χ1) is 11.7. The van der Waals surface area contributed by atoms with Gasteiger partial charge in [-0.25, -0.2) is 0 Å². The van der Waals surface area contributed by atoms with Crippen molar-refractivity contribution in [2.45, 2.75) is 40.2 Å². The van der Waals surface area contributed by atoms with Crippen LogP contribution in [0.3, 0.4) is 0 Å². The molecule has 0 aliphatic heterocycles. The number of methoxy groups -OCH3 is 1. The van der Waals surface area contributed by atoms with Crippen molar-refractivity contribution >= 4 is 23.5 Å². The molecular weight excluding hydrogens is 346 g/mol. The fourth-order valence-corrected chi connectivity index (χ4v) is 2.47. The Balaban J connectivity index is 3.12. The summed E-state index contributed by atoms with van der Waals surface area (Å²) in [6.07, 6.45) is -0.121. The lowest BCUT2D eigenvalue weighted by atomic mass is 10.1. The maximum Gasteiger partial charge on any atom is 0.305 e. The average molecular weight is 372 g/mol. The molecule has 0 aliphatic rings. The van der Waals surface area contributed by atoms with Crippen molar-refractivity contribution in [2.24, 2.45) is 5.92 Å². The van der Waals surface area contributed by atoms with Crippen LogP contribution in [-0.2, 0) is 4.79 Å². The molecule has 0 unspecified atom stereocenters. The predicted molar refractivity (Wildman–Crippen MR) is 96.8 cm³/mol. The van der Waals surface area contributed by atoms with Gasteiger partial charge in [-0.05, 0) is 31.9 Å².